The molecule has 0 atom stereocenters. The molecule has 29 heavy (non-hydrogen) atoms. The minimum Gasteiger partial charge on any atom is -0.340 e. The van der Waals surface area contributed by atoms with E-state index in [-0.39, 0.29) is 17.2 Å². The number of hydrogen-bond donors (Lipinski definition) is 2. The van der Waals surface area contributed by atoms with Crippen molar-refractivity contribution in [2.45, 2.75) is 32.4 Å². The van der Waals surface area contributed by atoms with E-state index in [4.69, 9.17) is 11.6 Å². The number of hydrogen-bond acceptors (Lipinski definition) is 4. The van der Waals surface area contributed by atoms with E-state index in [0.717, 1.165) is 11.8 Å². The van der Waals surface area contributed by atoms with Crippen molar-refractivity contribution in [3.8, 4) is 0 Å². The van der Waals surface area contributed by atoms with Crippen LogP contribution in [-0.4, -0.2) is 9.97 Å². The molecule has 0 unspecified atom stereocenters. The highest BCUT2D eigenvalue weighted by atomic mass is 35.5. The molecular formula is C21H20ClF3N4. The second kappa shape index (κ2) is 7.91. The summed E-state index contributed by atoms with van der Waals surface area (Å²) in [6.45, 7) is 6.30. The Kier molecular flexibility index (Phi) is 5.71. The third-order valence-corrected chi connectivity index (χ3v) is 4.46. The predicted molar refractivity (Wildman–Crippen MR) is 110 cm³/mol. The van der Waals surface area contributed by atoms with Crippen LogP contribution in [0.5, 0.6) is 0 Å². The van der Waals surface area contributed by atoms with Crippen LogP contribution in [-0.2, 0) is 11.6 Å². The van der Waals surface area contributed by atoms with Crippen LogP contribution >= 0.6 is 11.6 Å². The van der Waals surface area contributed by atoms with Gasteiger partial charge in [0.1, 0.15) is 11.4 Å². The maximum absolute atomic E-state index is 13.4. The number of halogens is 4. The van der Waals surface area contributed by atoms with E-state index in [1.807, 2.05) is 24.3 Å². The van der Waals surface area contributed by atoms with Crippen molar-refractivity contribution in [3.05, 3.63) is 70.9 Å². The van der Waals surface area contributed by atoms with E-state index in [2.05, 4.69) is 41.4 Å². The van der Waals surface area contributed by atoms with Gasteiger partial charge < -0.3 is 10.6 Å². The molecule has 152 valence electrons. The van der Waals surface area contributed by atoms with E-state index in [9.17, 15) is 13.2 Å². The van der Waals surface area contributed by atoms with Gasteiger partial charge in [0.2, 0.25) is 5.95 Å². The Bertz CT molecular complexity index is 979. The number of aromatic nitrogens is 2. The summed E-state index contributed by atoms with van der Waals surface area (Å²) in [5.41, 5.74) is 1.29. The average molecular weight is 421 g/mol. The van der Waals surface area contributed by atoms with Gasteiger partial charge in [-0.2, -0.15) is 18.2 Å². The quantitative estimate of drug-likeness (QED) is 0.480. The second-order valence-corrected chi connectivity index (χ2v) is 7.97. The van der Waals surface area contributed by atoms with E-state index in [1.165, 1.54) is 0 Å². The zero-order valence-corrected chi connectivity index (χ0v) is 16.9. The summed E-state index contributed by atoms with van der Waals surface area (Å²) < 4.78 is 40.1. The van der Waals surface area contributed by atoms with E-state index < -0.39 is 11.7 Å². The topological polar surface area (TPSA) is 49.8 Å². The molecule has 0 aliphatic carbocycles. The largest absolute Gasteiger partial charge is 0.421 e. The molecule has 0 bridgehead atoms. The van der Waals surface area contributed by atoms with Gasteiger partial charge in [-0.25, -0.2) is 4.98 Å². The van der Waals surface area contributed by atoms with Crippen molar-refractivity contribution < 1.29 is 13.2 Å². The van der Waals surface area contributed by atoms with Gasteiger partial charge in [0.15, 0.2) is 0 Å². The Morgan fingerprint density at radius 2 is 1.38 bits per heavy atom. The molecule has 3 aromatic rings. The molecule has 2 N–H and O–H groups in total. The first kappa shape index (κ1) is 20.9. The molecule has 3 rings (SSSR count). The Morgan fingerprint density at radius 1 is 0.828 bits per heavy atom. The molecule has 4 nitrogen and oxygen atoms in total. The van der Waals surface area contributed by atoms with Gasteiger partial charge in [-0.15, -0.1) is 0 Å². The summed E-state index contributed by atoms with van der Waals surface area (Å²) in [6.07, 6.45) is -3.83. The molecular weight excluding hydrogens is 401 g/mol. The summed E-state index contributed by atoms with van der Waals surface area (Å²) in [5, 5.41) is 6.12. The summed E-state index contributed by atoms with van der Waals surface area (Å²) in [7, 11) is 0. The third kappa shape index (κ3) is 5.38. The zero-order valence-electron chi connectivity index (χ0n) is 16.1. The van der Waals surface area contributed by atoms with Crippen LogP contribution in [0.4, 0.5) is 36.3 Å². The summed E-state index contributed by atoms with van der Waals surface area (Å²) in [5.74, 6) is -0.290. The summed E-state index contributed by atoms with van der Waals surface area (Å²) >= 11 is 5.83. The first-order chi connectivity index (χ1) is 13.5. The lowest BCUT2D eigenvalue weighted by Gasteiger charge is -2.19. The second-order valence-electron chi connectivity index (χ2n) is 7.54. The van der Waals surface area contributed by atoms with E-state index in [1.54, 1.807) is 24.3 Å². The van der Waals surface area contributed by atoms with E-state index >= 15 is 0 Å². The number of rotatable bonds is 4. The highest BCUT2D eigenvalue weighted by molar-refractivity contribution is 6.30. The Balaban J connectivity index is 1.89. The molecule has 0 spiro atoms. The summed E-state index contributed by atoms with van der Waals surface area (Å²) in [4.78, 5) is 7.86. The first-order valence-corrected chi connectivity index (χ1v) is 9.24. The van der Waals surface area contributed by atoms with Crippen molar-refractivity contribution in [2.24, 2.45) is 0 Å². The van der Waals surface area contributed by atoms with Crippen molar-refractivity contribution in [2.75, 3.05) is 10.6 Å². The Labute approximate surface area is 172 Å². The zero-order chi connectivity index (χ0) is 21.2. The lowest BCUT2D eigenvalue weighted by atomic mass is 9.87. The van der Waals surface area contributed by atoms with Gasteiger partial charge in [-0.1, -0.05) is 44.5 Å². The van der Waals surface area contributed by atoms with Crippen LogP contribution in [0, 0.1) is 0 Å². The fourth-order valence-corrected chi connectivity index (χ4v) is 2.72. The molecule has 0 amide bonds. The van der Waals surface area contributed by atoms with Gasteiger partial charge in [-0.3, -0.25) is 0 Å². The molecule has 8 heteroatoms. The highest BCUT2D eigenvalue weighted by Gasteiger charge is 2.35. The number of benzene rings is 2. The van der Waals surface area contributed by atoms with Crippen LogP contribution in [0.1, 0.15) is 31.9 Å². The number of nitrogens with zero attached hydrogens (tertiary/aromatic N) is 2. The molecule has 1 aromatic heterocycles. The number of anilines is 4. The van der Waals surface area contributed by atoms with Gasteiger partial charge in [0.05, 0.1) is 0 Å². The minimum absolute atomic E-state index is 0.000936. The average Bonchev–Trinajstić information content (AvgIpc) is 2.62. The minimum atomic E-state index is -4.60. The van der Waals surface area contributed by atoms with Crippen LogP contribution in [0.3, 0.4) is 0 Å². The van der Waals surface area contributed by atoms with Crippen LogP contribution in [0.15, 0.2) is 54.7 Å². The number of nitrogens with one attached hydrogen (secondary N) is 2. The van der Waals surface area contributed by atoms with Gasteiger partial charge in [-0.05, 0) is 47.4 Å². The van der Waals surface area contributed by atoms with Crippen molar-refractivity contribution in [1.29, 1.82) is 0 Å². The summed E-state index contributed by atoms with van der Waals surface area (Å²) in [6, 6.07) is 13.9. The fourth-order valence-electron chi connectivity index (χ4n) is 2.60. The van der Waals surface area contributed by atoms with Gasteiger partial charge in [0, 0.05) is 22.6 Å². The predicted octanol–water partition coefficient (Wildman–Crippen LogP) is 6.93. The Hall–Kier alpha value is -2.80. The molecule has 0 radical (unpaired) electrons. The number of alkyl halides is 3. The van der Waals surface area contributed by atoms with Crippen molar-refractivity contribution in [1.82, 2.24) is 9.97 Å². The molecule has 0 aliphatic rings. The Morgan fingerprint density at radius 3 is 1.93 bits per heavy atom. The van der Waals surface area contributed by atoms with Crippen LogP contribution in [0.25, 0.3) is 0 Å². The third-order valence-electron chi connectivity index (χ3n) is 4.21. The monoisotopic (exact) mass is 420 g/mol. The van der Waals surface area contributed by atoms with Gasteiger partial charge in [0.25, 0.3) is 0 Å². The highest BCUT2D eigenvalue weighted by Crippen LogP contribution is 2.35. The van der Waals surface area contributed by atoms with Crippen LogP contribution in [0.2, 0.25) is 5.02 Å². The lowest BCUT2D eigenvalue weighted by Crippen LogP contribution is -2.13. The molecule has 2 aromatic carbocycles. The molecule has 0 aliphatic heterocycles. The molecule has 1 heterocycles. The smallest absolute Gasteiger partial charge is 0.340 e. The maximum Gasteiger partial charge on any atom is 0.421 e. The SMILES string of the molecule is CC(C)(C)c1ccc(Nc2ncc(C(F)(F)F)c(Nc3ccc(Cl)cc3)n2)cc1. The van der Waals surface area contributed by atoms with Crippen molar-refractivity contribution in [3.63, 3.8) is 0 Å². The normalized spacial score (nSPS) is 12.0. The van der Waals surface area contributed by atoms with E-state index in [0.29, 0.717) is 16.4 Å². The van der Waals surface area contributed by atoms with Crippen LogP contribution < -0.4 is 10.6 Å². The molecule has 0 saturated carbocycles. The molecule has 0 fully saturated rings. The fraction of sp³-hybridized carbons (Fsp3) is 0.238. The van der Waals surface area contributed by atoms with Crippen molar-refractivity contribution >= 4 is 34.7 Å². The molecule has 0 saturated heterocycles. The lowest BCUT2D eigenvalue weighted by molar-refractivity contribution is -0.137. The standard InChI is InChI=1S/C21H20ClF3N4/c1-20(2,3)13-4-8-16(9-5-13)28-19-26-12-17(21(23,24)25)18(29-19)27-15-10-6-14(22)7-11-15/h4-12H,1-3H3,(H2,26,27,28,29). The first-order valence-electron chi connectivity index (χ1n) is 8.87. The maximum atomic E-state index is 13.4. The van der Waals surface area contributed by atoms with Gasteiger partial charge >= 0.3 is 6.18 Å².